The van der Waals surface area contributed by atoms with Gasteiger partial charge in [0.2, 0.25) is 17.7 Å². The number of amides is 3. The van der Waals surface area contributed by atoms with Crippen molar-refractivity contribution in [3.05, 3.63) is 25.3 Å². The van der Waals surface area contributed by atoms with Gasteiger partial charge in [-0.3, -0.25) is 14.4 Å². The second-order valence-electron chi connectivity index (χ2n) is 12.4. The standard InChI is InChI=1S/C28H45N3O4S/c1-10-14-29(9)23(33)20-21-24(34)31(19(17-32)16-18(3)4)22(28(21)13-12-27(20,8)36-28)25(35)30(15-11-2)26(5,6)7/h10-11,18-22,32H,1-2,12-17H2,3-9H3/t19-,20+,21+,22?,27-,28?/m1/s1. The molecular weight excluding hydrogens is 474 g/mol. The number of carbonyl (C=O) groups is 3. The summed E-state index contributed by atoms with van der Waals surface area (Å²) in [5, 5.41) is 10.4. The van der Waals surface area contributed by atoms with Crippen LogP contribution >= 0.6 is 11.8 Å². The molecule has 202 valence electrons. The van der Waals surface area contributed by atoms with Gasteiger partial charge in [-0.2, -0.15) is 0 Å². The normalized spacial score (nSPS) is 32.0. The van der Waals surface area contributed by atoms with E-state index in [9.17, 15) is 19.5 Å². The minimum absolute atomic E-state index is 0.0685. The van der Waals surface area contributed by atoms with Gasteiger partial charge in [0.25, 0.3) is 0 Å². The van der Waals surface area contributed by atoms with Gasteiger partial charge in [-0.05, 0) is 52.9 Å². The van der Waals surface area contributed by atoms with Crippen LogP contribution in [0.3, 0.4) is 0 Å². The average Bonchev–Trinajstić information content (AvgIpc) is 3.35. The highest BCUT2D eigenvalue weighted by molar-refractivity contribution is 8.02. The second-order valence-corrected chi connectivity index (χ2v) is 14.3. The molecule has 3 heterocycles. The molecule has 2 bridgehead atoms. The van der Waals surface area contributed by atoms with E-state index in [-0.39, 0.29) is 30.2 Å². The monoisotopic (exact) mass is 519 g/mol. The zero-order valence-corrected chi connectivity index (χ0v) is 23.9. The number of likely N-dealkylation sites (tertiary alicyclic amines) is 1. The van der Waals surface area contributed by atoms with E-state index in [1.165, 1.54) is 0 Å². The summed E-state index contributed by atoms with van der Waals surface area (Å²) in [5.74, 6) is -1.24. The van der Waals surface area contributed by atoms with Gasteiger partial charge in [0.15, 0.2) is 0 Å². The average molecular weight is 520 g/mol. The Kier molecular flexibility index (Phi) is 8.12. The SMILES string of the molecule is C=CCN(C)C(=O)[C@@H]1[C@H]2C(=O)N([C@@H](CO)CC(C)C)C(C(=O)N(CC=C)C(C)(C)C)C23CC[C@@]1(C)S3. The van der Waals surface area contributed by atoms with Crippen molar-refractivity contribution in [2.45, 2.75) is 87.9 Å². The summed E-state index contributed by atoms with van der Waals surface area (Å²) in [4.78, 5) is 47.7. The van der Waals surface area contributed by atoms with Gasteiger partial charge in [0.1, 0.15) is 6.04 Å². The fourth-order valence-electron chi connectivity index (χ4n) is 6.72. The molecule has 36 heavy (non-hydrogen) atoms. The third kappa shape index (κ3) is 4.53. The van der Waals surface area contributed by atoms with Crippen LogP contribution in [-0.2, 0) is 14.4 Å². The maximum Gasteiger partial charge on any atom is 0.247 e. The zero-order valence-electron chi connectivity index (χ0n) is 23.1. The summed E-state index contributed by atoms with van der Waals surface area (Å²) < 4.78 is -1.12. The first-order chi connectivity index (χ1) is 16.7. The van der Waals surface area contributed by atoms with E-state index < -0.39 is 39.0 Å². The topological polar surface area (TPSA) is 81.2 Å². The number of hydrogen-bond acceptors (Lipinski definition) is 5. The predicted molar refractivity (Wildman–Crippen MR) is 145 cm³/mol. The van der Waals surface area contributed by atoms with Crippen molar-refractivity contribution in [2.24, 2.45) is 17.8 Å². The van der Waals surface area contributed by atoms with Crippen molar-refractivity contribution in [2.75, 3.05) is 26.7 Å². The Labute approximate surface area is 221 Å². The van der Waals surface area contributed by atoms with Gasteiger partial charge < -0.3 is 19.8 Å². The lowest BCUT2D eigenvalue weighted by molar-refractivity contribution is -0.149. The minimum atomic E-state index is -0.737. The van der Waals surface area contributed by atoms with Crippen LogP contribution in [0.4, 0.5) is 0 Å². The van der Waals surface area contributed by atoms with E-state index in [1.807, 2.05) is 20.8 Å². The Morgan fingerprint density at radius 2 is 1.81 bits per heavy atom. The minimum Gasteiger partial charge on any atom is -0.394 e. The van der Waals surface area contributed by atoms with Crippen molar-refractivity contribution in [1.82, 2.24) is 14.7 Å². The van der Waals surface area contributed by atoms with Crippen molar-refractivity contribution < 1.29 is 19.5 Å². The van der Waals surface area contributed by atoms with E-state index in [2.05, 4.69) is 33.9 Å². The fourth-order valence-corrected chi connectivity index (χ4v) is 9.05. The molecule has 0 aromatic carbocycles. The smallest absolute Gasteiger partial charge is 0.247 e. The quantitative estimate of drug-likeness (QED) is 0.448. The maximum atomic E-state index is 14.5. The molecule has 0 aliphatic carbocycles. The molecule has 3 aliphatic rings. The third-order valence-electron chi connectivity index (χ3n) is 8.23. The molecular formula is C28H45N3O4S. The van der Waals surface area contributed by atoms with Crippen LogP contribution in [0.5, 0.6) is 0 Å². The van der Waals surface area contributed by atoms with Crippen LogP contribution in [0, 0.1) is 17.8 Å². The van der Waals surface area contributed by atoms with Gasteiger partial charge in [0, 0.05) is 30.4 Å². The van der Waals surface area contributed by atoms with Crippen LogP contribution in [0.2, 0.25) is 0 Å². The summed E-state index contributed by atoms with van der Waals surface area (Å²) in [7, 11) is 1.75. The van der Waals surface area contributed by atoms with Crippen molar-refractivity contribution in [3.8, 4) is 0 Å². The highest BCUT2D eigenvalue weighted by Crippen LogP contribution is 2.72. The van der Waals surface area contributed by atoms with Crippen LogP contribution < -0.4 is 0 Å². The summed E-state index contributed by atoms with van der Waals surface area (Å²) in [6.07, 6.45) is 5.45. The van der Waals surface area contributed by atoms with Crippen molar-refractivity contribution in [3.63, 3.8) is 0 Å². The first kappa shape index (κ1) is 28.8. The number of rotatable bonds is 10. The first-order valence-corrected chi connectivity index (χ1v) is 13.9. The first-order valence-electron chi connectivity index (χ1n) is 13.1. The van der Waals surface area contributed by atoms with E-state index in [1.54, 1.807) is 45.7 Å². The van der Waals surface area contributed by atoms with Crippen LogP contribution in [0.15, 0.2) is 25.3 Å². The van der Waals surface area contributed by atoms with Crippen LogP contribution in [0.25, 0.3) is 0 Å². The van der Waals surface area contributed by atoms with Gasteiger partial charge in [-0.15, -0.1) is 24.9 Å². The van der Waals surface area contributed by atoms with Gasteiger partial charge >= 0.3 is 0 Å². The number of aliphatic hydroxyl groups excluding tert-OH is 1. The number of hydrogen-bond donors (Lipinski definition) is 1. The van der Waals surface area contributed by atoms with Crippen LogP contribution in [0.1, 0.15) is 60.8 Å². The molecule has 7 nitrogen and oxygen atoms in total. The third-order valence-corrected chi connectivity index (χ3v) is 10.2. The summed E-state index contributed by atoms with van der Waals surface area (Å²) in [6.45, 7) is 20.3. The van der Waals surface area contributed by atoms with E-state index >= 15 is 0 Å². The van der Waals surface area contributed by atoms with Gasteiger partial charge in [-0.1, -0.05) is 26.0 Å². The Bertz CT molecular complexity index is 915. The predicted octanol–water partition coefficient (Wildman–Crippen LogP) is 3.33. The number of thioether (sulfide) groups is 1. The Morgan fingerprint density at radius 1 is 1.19 bits per heavy atom. The zero-order chi connectivity index (χ0) is 27.2. The molecule has 1 N–H and O–H groups in total. The molecule has 0 aromatic heterocycles. The molecule has 0 radical (unpaired) electrons. The molecule has 3 fully saturated rings. The largest absolute Gasteiger partial charge is 0.394 e. The number of nitrogens with zero attached hydrogens (tertiary/aromatic N) is 3. The molecule has 3 aliphatic heterocycles. The summed E-state index contributed by atoms with van der Waals surface area (Å²) in [5.41, 5.74) is -0.480. The lowest BCUT2D eigenvalue weighted by atomic mass is 9.66. The Morgan fingerprint density at radius 3 is 2.31 bits per heavy atom. The van der Waals surface area contributed by atoms with Crippen molar-refractivity contribution >= 4 is 29.5 Å². The Hall–Kier alpha value is -1.80. The molecule has 8 heteroatoms. The second kappa shape index (κ2) is 10.2. The number of fused-ring (bicyclic) bond motifs is 1. The Balaban J connectivity index is 2.18. The molecule has 2 unspecified atom stereocenters. The molecule has 1 spiro atoms. The maximum absolute atomic E-state index is 14.5. The van der Waals surface area contributed by atoms with Gasteiger partial charge in [-0.25, -0.2) is 0 Å². The summed E-state index contributed by atoms with van der Waals surface area (Å²) >= 11 is 1.67. The summed E-state index contributed by atoms with van der Waals surface area (Å²) in [6, 6.07) is -1.22. The highest BCUT2D eigenvalue weighted by Gasteiger charge is 2.78. The molecule has 3 amide bonds. The molecule has 3 rings (SSSR count). The van der Waals surface area contributed by atoms with Crippen molar-refractivity contribution in [1.29, 1.82) is 0 Å². The van der Waals surface area contributed by atoms with Crippen LogP contribution in [-0.4, -0.2) is 91.4 Å². The molecule has 0 aromatic rings. The molecule has 0 saturated carbocycles. The van der Waals surface area contributed by atoms with E-state index in [4.69, 9.17) is 0 Å². The van der Waals surface area contributed by atoms with E-state index in [0.29, 0.717) is 25.9 Å². The fraction of sp³-hybridized carbons (Fsp3) is 0.750. The van der Waals surface area contributed by atoms with Gasteiger partial charge in [0.05, 0.1) is 29.2 Å². The lowest BCUT2D eigenvalue weighted by Crippen LogP contribution is -2.60. The lowest BCUT2D eigenvalue weighted by Gasteiger charge is -2.43. The van der Waals surface area contributed by atoms with E-state index in [0.717, 1.165) is 6.42 Å². The number of likely N-dealkylation sites (N-methyl/N-ethyl adjacent to an activating group) is 1. The molecule has 6 atom stereocenters. The highest BCUT2D eigenvalue weighted by atomic mass is 32.2. The number of aliphatic hydroxyl groups is 1. The number of carbonyl (C=O) groups excluding carboxylic acids is 3. The molecule has 3 saturated heterocycles.